The van der Waals surface area contributed by atoms with E-state index in [1.54, 1.807) is 7.11 Å². The van der Waals surface area contributed by atoms with Gasteiger partial charge in [-0.15, -0.1) is 0 Å². The average molecular weight is 280 g/mol. The molecule has 0 rings (SSSR count). The van der Waals surface area contributed by atoms with Gasteiger partial charge in [0.05, 0.1) is 11.4 Å². The molecule has 0 aliphatic carbocycles. The normalized spacial score (nSPS) is 12.9. The van der Waals surface area contributed by atoms with Crippen LogP contribution in [0.15, 0.2) is 0 Å². The van der Waals surface area contributed by atoms with Gasteiger partial charge in [0.25, 0.3) is 0 Å². The summed E-state index contributed by atoms with van der Waals surface area (Å²) in [5.74, 6) is 0.658. The van der Waals surface area contributed by atoms with Crippen molar-refractivity contribution in [2.75, 3.05) is 26.8 Å². The highest BCUT2D eigenvalue weighted by Gasteiger charge is 2.20. The Morgan fingerprint density at radius 3 is 2.47 bits per heavy atom. The van der Waals surface area contributed by atoms with E-state index in [0.29, 0.717) is 19.1 Å². The van der Waals surface area contributed by atoms with E-state index in [-0.39, 0.29) is 10.7 Å². The van der Waals surface area contributed by atoms with Gasteiger partial charge in [-0.3, -0.25) is 4.79 Å². The average Bonchev–Trinajstić information content (AvgIpc) is 2.21. The molecule has 0 aliphatic heterocycles. The van der Waals surface area contributed by atoms with Crippen LogP contribution in [0, 0.1) is 5.92 Å². The van der Waals surface area contributed by atoms with Crippen molar-refractivity contribution in [2.45, 2.75) is 32.0 Å². The number of amides is 1. The van der Waals surface area contributed by atoms with Crippen LogP contribution < -0.4 is 0 Å². The van der Waals surface area contributed by atoms with Gasteiger partial charge in [-0.1, -0.05) is 36.7 Å². The molecule has 1 amide bonds. The zero-order valence-corrected chi connectivity index (χ0v) is 11.7. The summed E-state index contributed by atoms with van der Waals surface area (Å²) in [6.45, 7) is 8.30. The van der Waals surface area contributed by atoms with E-state index in [1.807, 2.05) is 11.8 Å². The standard InChI is InChI=1S/C11H22BrNO2/c1-5-10(12)11(14)13(6-7-15-4)8-9(2)3/h9-10H,5-8H2,1-4H3. The van der Waals surface area contributed by atoms with Gasteiger partial charge < -0.3 is 9.64 Å². The molecule has 0 fully saturated rings. The Bertz CT molecular complexity index is 185. The van der Waals surface area contributed by atoms with E-state index in [2.05, 4.69) is 29.8 Å². The highest BCUT2D eigenvalue weighted by Crippen LogP contribution is 2.10. The molecule has 0 saturated carbocycles. The number of hydrogen-bond donors (Lipinski definition) is 0. The van der Waals surface area contributed by atoms with Gasteiger partial charge in [0.2, 0.25) is 5.91 Å². The topological polar surface area (TPSA) is 29.5 Å². The summed E-state index contributed by atoms with van der Waals surface area (Å²) >= 11 is 3.39. The molecule has 1 atom stereocenters. The lowest BCUT2D eigenvalue weighted by Crippen LogP contribution is -2.40. The monoisotopic (exact) mass is 279 g/mol. The lowest BCUT2D eigenvalue weighted by atomic mass is 10.2. The van der Waals surface area contributed by atoms with Gasteiger partial charge >= 0.3 is 0 Å². The van der Waals surface area contributed by atoms with Gasteiger partial charge in [-0.05, 0) is 12.3 Å². The van der Waals surface area contributed by atoms with E-state index in [1.165, 1.54) is 0 Å². The molecule has 0 bridgehead atoms. The maximum Gasteiger partial charge on any atom is 0.236 e. The second-order valence-electron chi connectivity index (χ2n) is 4.05. The molecule has 4 heteroatoms. The smallest absolute Gasteiger partial charge is 0.236 e. The van der Waals surface area contributed by atoms with Crippen LogP contribution in [0.5, 0.6) is 0 Å². The maximum atomic E-state index is 11.9. The second kappa shape index (κ2) is 8.11. The van der Waals surface area contributed by atoms with Gasteiger partial charge in [0.1, 0.15) is 0 Å². The van der Waals surface area contributed by atoms with E-state index in [9.17, 15) is 4.79 Å². The van der Waals surface area contributed by atoms with Crippen LogP contribution >= 0.6 is 15.9 Å². The number of alkyl halides is 1. The van der Waals surface area contributed by atoms with Crippen molar-refractivity contribution in [3.8, 4) is 0 Å². The molecule has 0 heterocycles. The van der Waals surface area contributed by atoms with Gasteiger partial charge in [-0.25, -0.2) is 0 Å². The molecule has 0 spiro atoms. The quantitative estimate of drug-likeness (QED) is 0.670. The third-order valence-electron chi connectivity index (χ3n) is 2.09. The number of halogens is 1. The molecule has 0 saturated heterocycles. The Labute approximate surface area is 101 Å². The molecule has 0 aliphatic rings. The van der Waals surface area contributed by atoms with Crippen molar-refractivity contribution in [3.05, 3.63) is 0 Å². The van der Waals surface area contributed by atoms with E-state index in [0.717, 1.165) is 13.0 Å². The van der Waals surface area contributed by atoms with Crippen LogP contribution in [0.1, 0.15) is 27.2 Å². The zero-order chi connectivity index (χ0) is 11.8. The SMILES string of the molecule is CCC(Br)C(=O)N(CCOC)CC(C)C. The molecular weight excluding hydrogens is 258 g/mol. The van der Waals surface area contributed by atoms with Crippen LogP contribution in [0.2, 0.25) is 0 Å². The largest absolute Gasteiger partial charge is 0.383 e. The van der Waals surface area contributed by atoms with Crippen molar-refractivity contribution in [2.24, 2.45) is 5.92 Å². The van der Waals surface area contributed by atoms with Gasteiger partial charge in [0.15, 0.2) is 0 Å². The molecule has 0 aromatic carbocycles. The summed E-state index contributed by atoms with van der Waals surface area (Å²) in [5.41, 5.74) is 0. The predicted octanol–water partition coefficient (Wildman–Crippen LogP) is 2.29. The van der Waals surface area contributed by atoms with Crippen LogP contribution in [-0.2, 0) is 9.53 Å². The zero-order valence-electron chi connectivity index (χ0n) is 10.1. The fourth-order valence-corrected chi connectivity index (χ4v) is 1.60. The van der Waals surface area contributed by atoms with Crippen LogP contribution in [-0.4, -0.2) is 42.4 Å². The number of rotatable bonds is 7. The second-order valence-corrected chi connectivity index (χ2v) is 5.15. The lowest BCUT2D eigenvalue weighted by Gasteiger charge is -2.26. The fourth-order valence-electron chi connectivity index (χ4n) is 1.31. The highest BCUT2D eigenvalue weighted by atomic mass is 79.9. The highest BCUT2D eigenvalue weighted by molar-refractivity contribution is 9.10. The van der Waals surface area contributed by atoms with E-state index < -0.39 is 0 Å². The third kappa shape index (κ3) is 6.15. The Kier molecular flexibility index (Phi) is 8.06. The third-order valence-corrected chi connectivity index (χ3v) is 3.13. The molecule has 0 aromatic heterocycles. The summed E-state index contributed by atoms with van der Waals surface area (Å²) in [5, 5.41) is 0. The molecular formula is C11H22BrNO2. The first kappa shape index (κ1) is 14.9. The minimum atomic E-state index is -0.0619. The number of carbonyl (C=O) groups excluding carboxylic acids is 1. The first-order chi connectivity index (χ1) is 7.02. The number of nitrogens with zero attached hydrogens (tertiary/aromatic N) is 1. The lowest BCUT2D eigenvalue weighted by molar-refractivity contribution is -0.131. The van der Waals surface area contributed by atoms with Crippen LogP contribution in [0.3, 0.4) is 0 Å². The number of methoxy groups -OCH3 is 1. The van der Waals surface area contributed by atoms with Gasteiger partial charge in [-0.2, -0.15) is 0 Å². The molecule has 1 unspecified atom stereocenters. The molecule has 0 aromatic rings. The molecule has 90 valence electrons. The van der Waals surface area contributed by atoms with E-state index in [4.69, 9.17) is 4.74 Å². The Balaban J connectivity index is 4.26. The molecule has 3 nitrogen and oxygen atoms in total. The van der Waals surface area contributed by atoms with Crippen molar-refractivity contribution in [1.82, 2.24) is 4.90 Å². The van der Waals surface area contributed by atoms with E-state index >= 15 is 0 Å². The Morgan fingerprint density at radius 1 is 1.47 bits per heavy atom. The minimum absolute atomic E-state index is 0.0619. The maximum absolute atomic E-state index is 11.9. The summed E-state index contributed by atoms with van der Waals surface area (Å²) in [6.07, 6.45) is 0.820. The predicted molar refractivity (Wildman–Crippen MR) is 66.3 cm³/mol. The van der Waals surface area contributed by atoms with Crippen molar-refractivity contribution >= 4 is 21.8 Å². The number of hydrogen-bond acceptors (Lipinski definition) is 2. The van der Waals surface area contributed by atoms with Crippen molar-refractivity contribution in [1.29, 1.82) is 0 Å². The summed E-state index contributed by atoms with van der Waals surface area (Å²) in [7, 11) is 1.66. The number of ether oxygens (including phenoxy) is 1. The summed E-state index contributed by atoms with van der Waals surface area (Å²) in [4.78, 5) is 13.7. The molecule has 15 heavy (non-hydrogen) atoms. The van der Waals surface area contributed by atoms with Crippen molar-refractivity contribution in [3.63, 3.8) is 0 Å². The Morgan fingerprint density at radius 2 is 2.07 bits per heavy atom. The Hall–Kier alpha value is -0.0900. The van der Waals surface area contributed by atoms with Gasteiger partial charge in [0, 0.05) is 20.2 Å². The summed E-state index contributed by atoms with van der Waals surface area (Å²) < 4.78 is 5.01. The van der Waals surface area contributed by atoms with Crippen LogP contribution in [0.25, 0.3) is 0 Å². The van der Waals surface area contributed by atoms with Crippen molar-refractivity contribution < 1.29 is 9.53 Å². The molecule has 0 radical (unpaired) electrons. The van der Waals surface area contributed by atoms with Crippen LogP contribution in [0.4, 0.5) is 0 Å². The molecule has 0 N–H and O–H groups in total. The summed E-state index contributed by atoms with van der Waals surface area (Å²) in [6, 6.07) is 0. The fraction of sp³-hybridized carbons (Fsp3) is 0.909. The first-order valence-electron chi connectivity index (χ1n) is 5.44. The first-order valence-corrected chi connectivity index (χ1v) is 6.36. The minimum Gasteiger partial charge on any atom is -0.383 e. The number of carbonyl (C=O) groups is 1.